The smallest absolute Gasteiger partial charge is 0.269 e. The fourth-order valence-corrected chi connectivity index (χ4v) is 3.44. The second-order valence-corrected chi connectivity index (χ2v) is 6.17. The van der Waals surface area contributed by atoms with E-state index in [4.69, 9.17) is 4.52 Å². The van der Waals surface area contributed by atoms with Crippen molar-refractivity contribution in [2.24, 2.45) is 0 Å². The maximum atomic E-state index is 12.0. The minimum atomic E-state index is -2.50. The summed E-state index contributed by atoms with van der Waals surface area (Å²) in [6, 6.07) is 0.577. The van der Waals surface area contributed by atoms with E-state index in [-0.39, 0.29) is 0 Å². The van der Waals surface area contributed by atoms with Gasteiger partial charge in [0, 0.05) is 25.8 Å². The summed E-state index contributed by atoms with van der Waals surface area (Å²) in [5.74, 6) is 0. The third kappa shape index (κ3) is 3.06. The van der Waals surface area contributed by atoms with Gasteiger partial charge in [-0.05, 0) is 26.8 Å². The topological polar surface area (TPSA) is 41.6 Å². The van der Waals surface area contributed by atoms with E-state index in [0.29, 0.717) is 12.6 Å². The first-order valence-corrected chi connectivity index (χ1v) is 7.27. The molecule has 0 aliphatic carbocycles. The molecule has 0 bridgehead atoms. The molecule has 1 heterocycles. The first kappa shape index (κ1) is 12.2. The Morgan fingerprint density at radius 1 is 1.50 bits per heavy atom. The highest BCUT2D eigenvalue weighted by molar-refractivity contribution is 7.55. The van der Waals surface area contributed by atoms with Gasteiger partial charge in [-0.3, -0.25) is 4.57 Å². The molecule has 0 aromatic heterocycles. The van der Waals surface area contributed by atoms with Crippen molar-refractivity contribution in [2.75, 3.05) is 33.4 Å². The lowest BCUT2D eigenvalue weighted by Crippen LogP contribution is -2.39. The summed E-state index contributed by atoms with van der Waals surface area (Å²) < 4.78 is 19.3. The second-order valence-electron chi connectivity index (χ2n) is 3.74. The summed E-state index contributed by atoms with van der Waals surface area (Å²) in [6.07, 6.45) is 2.11. The van der Waals surface area contributed by atoms with Gasteiger partial charge in [0.25, 0.3) is 7.52 Å². The van der Waals surface area contributed by atoms with Crippen LogP contribution in [0.15, 0.2) is 0 Å². The van der Waals surface area contributed by atoms with E-state index in [1.165, 1.54) is 0 Å². The number of rotatable bonds is 4. The van der Waals surface area contributed by atoms with Crippen LogP contribution in [-0.2, 0) is 9.09 Å². The van der Waals surface area contributed by atoms with Crippen LogP contribution in [0.5, 0.6) is 0 Å². The van der Waals surface area contributed by atoms with Crippen molar-refractivity contribution in [2.45, 2.75) is 25.8 Å². The molecule has 1 saturated heterocycles. The molecule has 0 amide bonds. The molecule has 1 atom stereocenters. The molecular formula is C9H21N2O2P. The van der Waals surface area contributed by atoms with Crippen LogP contribution in [0.1, 0.15) is 19.8 Å². The Kier molecular flexibility index (Phi) is 4.58. The highest BCUT2D eigenvalue weighted by atomic mass is 31.2. The van der Waals surface area contributed by atoms with Gasteiger partial charge in [-0.15, -0.1) is 0 Å². The largest absolute Gasteiger partial charge is 0.318 e. The molecule has 4 nitrogen and oxygen atoms in total. The van der Waals surface area contributed by atoms with Gasteiger partial charge in [0.15, 0.2) is 0 Å². The van der Waals surface area contributed by atoms with Crippen LogP contribution in [-0.4, -0.2) is 44.1 Å². The van der Waals surface area contributed by atoms with E-state index in [1.54, 1.807) is 6.66 Å². The molecule has 0 radical (unpaired) electrons. The summed E-state index contributed by atoms with van der Waals surface area (Å²) in [5, 5.41) is 3.25. The van der Waals surface area contributed by atoms with Crippen LogP contribution in [0.3, 0.4) is 0 Å². The fourth-order valence-electron chi connectivity index (χ4n) is 1.84. The highest BCUT2D eigenvalue weighted by Crippen LogP contribution is 2.47. The number of nitrogens with zero attached hydrogens (tertiary/aromatic N) is 1. The predicted octanol–water partition coefficient (Wildman–Crippen LogP) is 1.53. The molecule has 1 N–H and O–H groups in total. The normalized spacial score (nSPS) is 24.8. The Bertz CT molecular complexity index is 215. The predicted molar refractivity (Wildman–Crippen MR) is 58.8 cm³/mol. The Morgan fingerprint density at radius 2 is 2.07 bits per heavy atom. The third-order valence-corrected chi connectivity index (χ3v) is 4.93. The third-order valence-electron chi connectivity index (χ3n) is 2.76. The standard InChI is InChI=1S/C9H21N2O2P/c1-4-13-14(3,12)11-7-5-9(10-2)6-8-11/h9-10H,4-8H2,1-3H3. The fraction of sp³-hybridized carbons (Fsp3) is 1.00. The zero-order chi connectivity index (χ0) is 10.6. The minimum Gasteiger partial charge on any atom is -0.318 e. The summed E-state index contributed by atoms with van der Waals surface area (Å²) in [5.41, 5.74) is 0. The van der Waals surface area contributed by atoms with Crippen LogP contribution in [0, 0.1) is 0 Å². The van der Waals surface area contributed by atoms with E-state index in [9.17, 15) is 4.57 Å². The molecule has 1 aliphatic rings. The van der Waals surface area contributed by atoms with E-state index < -0.39 is 7.52 Å². The molecule has 84 valence electrons. The minimum absolute atomic E-state index is 0.528. The van der Waals surface area contributed by atoms with Gasteiger partial charge in [-0.2, -0.15) is 0 Å². The number of piperidine rings is 1. The molecule has 5 heteroatoms. The maximum Gasteiger partial charge on any atom is 0.269 e. The lowest BCUT2D eigenvalue weighted by molar-refractivity contribution is 0.237. The second kappa shape index (κ2) is 5.26. The molecular weight excluding hydrogens is 199 g/mol. The number of hydrogen-bond acceptors (Lipinski definition) is 3. The molecule has 0 saturated carbocycles. The van der Waals surface area contributed by atoms with Gasteiger partial charge in [-0.1, -0.05) is 0 Å². The summed E-state index contributed by atoms with van der Waals surface area (Å²) in [4.78, 5) is 0. The number of nitrogens with one attached hydrogen (secondary N) is 1. The van der Waals surface area contributed by atoms with Gasteiger partial charge >= 0.3 is 0 Å². The van der Waals surface area contributed by atoms with Crippen molar-refractivity contribution < 1.29 is 9.09 Å². The van der Waals surface area contributed by atoms with Crippen molar-refractivity contribution in [1.82, 2.24) is 9.99 Å². The quantitative estimate of drug-likeness (QED) is 0.729. The molecule has 0 aromatic rings. The average molecular weight is 220 g/mol. The van der Waals surface area contributed by atoms with E-state index in [1.807, 2.05) is 18.6 Å². The van der Waals surface area contributed by atoms with Gasteiger partial charge in [0.2, 0.25) is 0 Å². The van der Waals surface area contributed by atoms with Crippen molar-refractivity contribution >= 4 is 7.52 Å². The zero-order valence-electron chi connectivity index (χ0n) is 9.32. The summed E-state index contributed by atoms with van der Waals surface area (Å²) in [7, 11) is -0.519. The summed E-state index contributed by atoms with van der Waals surface area (Å²) in [6.45, 7) is 5.88. The van der Waals surface area contributed by atoms with Crippen LogP contribution < -0.4 is 5.32 Å². The summed E-state index contributed by atoms with van der Waals surface area (Å²) >= 11 is 0. The first-order valence-electron chi connectivity index (χ1n) is 5.25. The van der Waals surface area contributed by atoms with Crippen molar-refractivity contribution in [3.05, 3.63) is 0 Å². The lowest BCUT2D eigenvalue weighted by Gasteiger charge is -2.34. The van der Waals surface area contributed by atoms with Crippen LogP contribution in [0.25, 0.3) is 0 Å². The molecule has 14 heavy (non-hydrogen) atoms. The van der Waals surface area contributed by atoms with Crippen molar-refractivity contribution in [3.63, 3.8) is 0 Å². The SMILES string of the molecule is CCOP(C)(=O)N1CCC(NC)CC1. The molecule has 1 unspecified atom stereocenters. The first-order chi connectivity index (χ1) is 6.60. The molecule has 1 fully saturated rings. The Morgan fingerprint density at radius 3 is 2.50 bits per heavy atom. The molecule has 0 spiro atoms. The number of hydrogen-bond donors (Lipinski definition) is 1. The van der Waals surface area contributed by atoms with Gasteiger partial charge in [0.05, 0.1) is 6.61 Å². The molecule has 1 aliphatic heterocycles. The zero-order valence-corrected chi connectivity index (χ0v) is 10.2. The van der Waals surface area contributed by atoms with Crippen molar-refractivity contribution in [3.8, 4) is 0 Å². The van der Waals surface area contributed by atoms with Crippen LogP contribution in [0.4, 0.5) is 0 Å². The molecule has 0 aromatic carbocycles. The maximum absolute atomic E-state index is 12.0. The van der Waals surface area contributed by atoms with E-state index in [0.717, 1.165) is 25.9 Å². The monoisotopic (exact) mass is 220 g/mol. The van der Waals surface area contributed by atoms with E-state index >= 15 is 0 Å². The van der Waals surface area contributed by atoms with Crippen LogP contribution >= 0.6 is 7.52 Å². The highest BCUT2D eigenvalue weighted by Gasteiger charge is 2.29. The Labute approximate surface area is 86.5 Å². The average Bonchev–Trinajstić information content (AvgIpc) is 2.18. The van der Waals surface area contributed by atoms with Gasteiger partial charge in [0.1, 0.15) is 0 Å². The van der Waals surface area contributed by atoms with Crippen molar-refractivity contribution in [1.29, 1.82) is 0 Å². The Balaban J connectivity index is 2.44. The lowest BCUT2D eigenvalue weighted by atomic mass is 10.1. The van der Waals surface area contributed by atoms with Gasteiger partial charge < -0.3 is 9.84 Å². The molecule has 1 rings (SSSR count). The van der Waals surface area contributed by atoms with Crippen LogP contribution in [0.2, 0.25) is 0 Å². The Hall–Kier alpha value is 0.110. The van der Waals surface area contributed by atoms with Gasteiger partial charge in [-0.25, -0.2) is 4.67 Å². The van der Waals surface area contributed by atoms with E-state index in [2.05, 4.69) is 5.32 Å².